The van der Waals surface area contributed by atoms with Crippen molar-refractivity contribution in [3.05, 3.63) is 35.4 Å². The van der Waals surface area contributed by atoms with Crippen LogP contribution in [0.3, 0.4) is 0 Å². The molecule has 1 unspecified atom stereocenters. The molecule has 5 nitrogen and oxygen atoms in total. The maximum atomic E-state index is 13.4. The molecule has 1 N–H and O–H groups in total. The van der Waals surface area contributed by atoms with E-state index in [2.05, 4.69) is 0 Å². The summed E-state index contributed by atoms with van der Waals surface area (Å²) in [5, 5.41) is 8.84. The summed E-state index contributed by atoms with van der Waals surface area (Å²) in [7, 11) is 0. The molecule has 108 valence electrons. The van der Waals surface area contributed by atoms with E-state index < -0.39 is 29.6 Å². The lowest BCUT2D eigenvalue weighted by molar-refractivity contribution is -0.159. The first kappa shape index (κ1) is 14.4. The molecule has 1 fully saturated rings. The average molecular weight is 285 g/mol. The highest BCUT2D eigenvalue weighted by atomic mass is 19.1. The molecular weight excluding hydrogens is 272 g/mol. The van der Waals surface area contributed by atoms with E-state index in [-0.39, 0.29) is 31.7 Å². The number of hydrogen-bond donors (Lipinski definition) is 1. The minimum Gasteiger partial charge on any atom is -0.479 e. The molecule has 1 aromatic carbocycles. The van der Waals surface area contributed by atoms with Gasteiger partial charge in [0, 0.05) is 12.1 Å². The Morgan fingerprint density at radius 1 is 1.40 bits per heavy atom. The van der Waals surface area contributed by atoms with Crippen LogP contribution in [0.4, 0.5) is 8.78 Å². The predicted octanol–water partition coefficient (Wildman–Crippen LogP) is 0.819. The zero-order chi connectivity index (χ0) is 14.7. The largest absolute Gasteiger partial charge is 0.479 e. The van der Waals surface area contributed by atoms with Gasteiger partial charge in [-0.05, 0) is 18.2 Å². The van der Waals surface area contributed by atoms with Crippen molar-refractivity contribution in [2.45, 2.75) is 12.5 Å². The molecule has 1 atom stereocenters. The number of carboxylic acids is 1. The van der Waals surface area contributed by atoms with Gasteiger partial charge in [-0.25, -0.2) is 13.6 Å². The number of rotatable bonds is 3. The minimum atomic E-state index is -1.15. The monoisotopic (exact) mass is 285 g/mol. The number of hydrogen-bond acceptors (Lipinski definition) is 3. The van der Waals surface area contributed by atoms with Crippen molar-refractivity contribution in [2.75, 3.05) is 19.7 Å². The van der Waals surface area contributed by atoms with Gasteiger partial charge < -0.3 is 14.7 Å². The van der Waals surface area contributed by atoms with Crippen molar-refractivity contribution in [3.63, 3.8) is 0 Å². The Balaban J connectivity index is 2.04. The molecule has 1 amide bonds. The second-order valence-corrected chi connectivity index (χ2v) is 4.45. The zero-order valence-corrected chi connectivity index (χ0v) is 10.5. The first-order valence-corrected chi connectivity index (χ1v) is 6.03. The lowest BCUT2D eigenvalue weighted by atomic mass is 10.1. The Bertz CT molecular complexity index is 535. The van der Waals surface area contributed by atoms with E-state index >= 15 is 0 Å². The maximum absolute atomic E-state index is 13.4. The SMILES string of the molecule is O=C(O)C1CN(C(=O)Cc2cc(F)ccc2F)CCO1. The summed E-state index contributed by atoms with van der Waals surface area (Å²) < 4.78 is 31.4. The van der Waals surface area contributed by atoms with Crippen LogP contribution in [0.15, 0.2) is 18.2 Å². The van der Waals surface area contributed by atoms with Crippen LogP contribution < -0.4 is 0 Å². The number of carbonyl (C=O) groups is 2. The molecular formula is C13H13F2NO4. The Kier molecular flexibility index (Phi) is 4.29. The number of amides is 1. The van der Waals surface area contributed by atoms with E-state index in [1.165, 1.54) is 4.90 Å². The van der Waals surface area contributed by atoms with E-state index in [1.807, 2.05) is 0 Å². The zero-order valence-electron chi connectivity index (χ0n) is 10.5. The fourth-order valence-electron chi connectivity index (χ4n) is 1.98. The summed E-state index contributed by atoms with van der Waals surface area (Å²) in [6.07, 6.45) is -1.39. The number of benzene rings is 1. The van der Waals surface area contributed by atoms with Gasteiger partial charge in [-0.1, -0.05) is 0 Å². The highest BCUT2D eigenvalue weighted by molar-refractivity contribution is 5.80. The summed E-state index contributed by atoms with van der Waals surface area (Å²) in [4.78, 5) is 24.1. The standard InChI is InChI=1S/C13H13F2NO4/c14-9-1-2-10(15)8(5-9)6-12(17)16-3-4-20-11(7-16)13(18)19/h1-2,5,11H,3-4,6-7H2,(H,18,19). The quantitative estimate of drug-likeness (QED) is 0.893. The third-order valence-corrected chi connectivity index (χ3v) is 3.04. The number of nitrogens with zero attached hydrogens (tertiary/aromatic N) is 1. The molecule has 20 heavy (non-hydrogen) atoms. The first-order valence-electron chi connectivity index (χ1n) is 6.03. The maximum Gasteiger partial charge on any atom is 0.334 e. The number of morpholine rings is 1. The van der Waals surface area contributed by atoms with Crippen molar-refractivity contribution in [2.24, 2.45) is 0 Å². The van der Waals surface area contributed by atoms with Crippen LogP contribution in [0, 0.1) is 11.6 Å². The van der Waals surface area contributed by atoms with Crippen LogP contribution in [0.25, 0.3) is 0 Å². The van der Waals surface area contributed by atoms with Crippen molar-refractivity contribution in [3.8, 4) is 0 Å². The number of ether oxygens (including phenoxy) is 1. The Morgan fingerprint density at radius 3 is 2.85 bits per heavy atom. The van der Waals surface area contributed by atoms with Crippen molar-refractivity contribution in [1.82, 2.24) is 4.90 Å². The Morgan fingerprint density at radius 2 is 2.15 bits per heavy atom. The average Bonchev–Trinajstić information content (AvgIpc) is 2.43. The third kappa shape index (κ3) is 3.30. The molecule has 1 aliphatic rings. The van der Waals surface area contributed by atoms with Crippen molar-refractivity contribution < 1.29 is 28.2 Å². The minimum absolute atomic E-state index is 0.0478. The van der Waals surface area contributed by atoms with E-state index in [0.29, 0.717) is 0 Å². The molecule has 1 aliphatic heterocycles. The Labute approximate surface area is 113 Å². The fourth-order valence-corrected chi connectivity index (χ4v) is 1.98. The lowest BCUT2D eigenvalue weighted by Gasteiger charge is -2.31. The second-order valence-electron chi connectivity index (χ2n) is 4.45. The topological polar surface area (TPSA) is 66.8 Å². The normalized spacial score (nSPS) is 18.9. The molecule has 1 aromatic rings. The molecule has 1 heterocycles. The molecule has 0 aromatic heterocycles. The molecule has 1 saturated heterocycles. The van der Waals surface area contributed by atoms with Crippen LogP contribution in [0.5, 0.6) is 0 Å². The summed E-state index contributed by atoms with van der Waals surface area (Å²) in [6, 6.07) is 2.89. The number of aliphatic carboxylic acids is 1. The van der Waals surface area contributed by atoms with Gasteiger partial charge in [0.2, 0.25) is 5.91 Å². The smallest absolute Gasteiger partial charge is 0.334 e. The van der Waals surface area contributed by atoms with Gasteiger partial charge in [-0.3, -0.25) is 4.79 Å². The third-order valence-electron chi connectivity index (χ3n) is 3.04. The number of halogens is 2. The van der Waals surface area contributed by atoms with Gasteiger partial charge in [-0.15, -0.1) is 0 Å². The summed E-state index contributed by atoms with van der Waals surface area (Å²) in [5.74, 6) is -2.90. The fraction of sp³-hybridized carbons (Fsp3) is 0.385. The number of carboxylic acid groups (broad SMARTS) is 1. The summed E-state index contributed by atoms with van der Waals surface area (Å²) in [5.41, 5.74) is -0.0478. The molecule has 0 saturated carbocycles. The van der Waals surface area contributed by atoms with Crippen molar-refractivity contribution >= 4 is 11.9 Å². The van der Waals surface area contributed by atoms with E-state index in [4.69, 9.17) is 9.84 Å². The molecule has 2 rings (SSSR count). The van der Waals surface area contributed by atoms with Gasteiger partial charge in [-0.2, -0.15) is 0 Å². The molecule has 0 spiro atoms. The van der Waals surface area contributed by atoms with Gasteiger partial charge in [0.1, 0.15) is 11.6 Å². The highest BCUT2D eigenvalue weighted by Crippen LogP contribution is 2.13. The highest BCUT2D eigenvalue weighted by Gasteiger charge is 2.29. The van der Waals surface area contributed by atoms with E-state index in [1.54, 1.807) is 0 Å². The van der Waals surface area contributed by atoms with E-state index in [0.717, 1.165) is 18.2 Å². The van der Waals surface area contributed by atoms with Crippen LogP contribution in [0.2, 0.25) is 0 Å². The summed E-state index contributed by atoms with van der Waals surface area (Å²) in [6.45, 7) is 0.249. The number of carbonyl (C=O) groups excluding carboxylic acids is 1. The van der Waals surface area contributed by atoms with Crippen LogP contribution in [-0.2, 0) is 20.7 Å². The van der Waals surface area contributed by atoms with Gasteiger partial charge in [0.15, 0.2) is 6.10 Å². The van der Waals surface area contributed by atoms with Gasteiger partial charge >= 0.3 is 5.97 Å². The van der Waals surface area contributed by atoms with Crippen LogP contribution >= 0.6 is 0 Å². The van der Waals surface area contributed by atoms with Crippen molar-refractivity contribution in [1.29, 1.82) is 0 Å². The summed E-state index contributed by atoms with van der Waals surface area (Å²) >= 11 is 0. The van der Waals surface area contributed by atoms with Gasteiger partial charge in [0.25, 0.3) is 0 Å². The molecule has 7 heteroatoms. The van der Waals surface area contributed by atoms with Crippen LogP contribution in [0.1, 0.15) is 5.56 Å². The Hall–Kier alpha value is -2.02. The molecule has 0 bridgehead atoms. The predicted molar refractivity (Wildman–Crippen MR) is 64.0 cm³/mol. The first-order chi connectivity index (χ1) is 9.47. The second kappa shape index (κ2) is 5.96. The molecule has 0 aliphatic carbocycles. The van der Waals surface area contributed by atoms with Gasteiger partial charge in [0.05, 0.1) is 19.6 Å². The molecule has 0 radical (unpaired) electrons. The van der Waals surface area contributed by atoms with Crippen LogP contribution in [-0.4, -0.2) is 47.7 Å². The van der Waals surface area contributed by atoms with E-state index in [9.17, 15) is 18.4 Å². The lowest BCUT2D eigenvalue weighted by Crippen LogP contribution is -2.49.